The minimum atomic E-state index is 0.839. The van der Waals surface area contributed by atoms with Crippen molar-refractivity contribution in [3.05, 3.63) is 12.2 Å². The summed E-state index contributed by atoms with van der Waals surface area (Å²) in [6, 6.07) is 1.69. The van der Waals surface area contributed by atoms with E-state index in [9.17, 15) is 0 Å². The molecule has 0 aromatic heterocycles. The third-order valence-corrected chi connectivity index (χ3v) is 4.59. The molecule has 0 atom stereocenters. The molecule has 1 saturated heterocycles. The van der Waals surface area contributed by atoms with Crippen molar-refractivity contribution in [1.29, 1.82) is 0 Å². The third kappa shape index (κ3) is 2.72. The molecule has 0 bridgehead atoms. The summed E-state index contributed by atoms with van der Waals surface area (Å²) in [5.74, 6) is 0. The van der Waals surface area contributed by atoms with Crippen LogP contribution in [0.1, 0.15) is 25.7 Å². The van der Waals surface area contributed by atoms with Crippen LogP contribution >= 0.6 is 0 Å². The molecule has 0 aromatic carbocycles. The molecule has 0 N–H and O–H groups in total. The quantitative estimate of drug-likeness (QED) is 0.676. The summed E-state index contributed by atoms with van der Waals surface area (Å²) in [4.78, 5) is 5.29. The van der Waals surface area contributed by atoms with E-state index in [1.807, 2.05) is 0 Å². The van der Waals surface area contributed by atoms with Crippen LogP contribution in [0.5, 0.6) is 0 Å². The fourth-order valence-electron chi connectivity index (χ4n) is 3.52. The Morgan fingerprint density at radius 3 is 1.88 bits per heavy atom. The van der Waals surface area contributed by atoms with Crippen molar-refractivity contribution in [2.45, 2.75) is 37.8 Å². The number of ether oxygens (including phenoxy) is 1. The molecule has 0 spiro atoms. The first-order chi connectivity index (χ1) is 8.43. The number of rotatable bonds is 2. The number of morpholine rings is 1. The lowest BCUT2D eigenvalue weighted by Gasteiger charge is -2.40. The zero-order valence-corrected chi connectivity index (χ0v) is 10.7. The van der Waals surface area contributed by atoms with Crippen molar-refractivity contribution in [3.8, 4) is 0 Å². The summed E-state index contributed by atoms with van der Waals surface area (Å²) in [7, 11) is 0. The van der Waals surface area contributed by atoms with Crippen LogP contribution in [0.3, 0.4) is 0 Å². The Labute approximate surface area is 104 Å². The molecule has 0 unspecified atom stereocenters. The average Bonchev–Trinajstić information content (AvgIpc) is 2.94. The van der Waals surface area contributed by atoms with Gasteiger partial charge >= 0.3 is 0 Å². The van der Waals surface area contributed by atoms with Crippen molar-refractivity contribution in [2.24, 2.45) is 0 Å². The normalized spacial score (nSPS) is 36.5. The van der Waals surface area contributed by atoms with Crippen LogP contribution in [-0.4, -0.2) is 61.3 Å². The van der Waals surface area contributed by atoms with Gasteiger partial charge in [-0.1, -0.05) is 12.2 Å². The second kappa shape index (κ2) is 5.51. The maximum Gasteiger partial charge on any atom is 0.0594 e. The highest BCUT2D eigenvalue weighted by molar-refractivity contribution is 4.99. The Hall–Kier alpha value is -0.380. The molecule has 3 nitrogen and oxygen atoms in total. The average molecular weight is 236 g/mol. The van der Waals surface area contributed by atoms with Gasteiger partial charge in [-0.05, 0) is 25.7 Å². The predicted molar refractivity (Wildman–Crippen MR) is 69.1 cm³/mol. The lowest BCUT2D eigenvalue weighted by atomic mass is 9.89. The van der Waals surface area contributed by atoms with Crippen molar-refractivity contribution in [2.75, 3.05) is 39.4 Å². The van der Waals surface area contributed by atoms with Crippen LogP contribution in [0.15, 0.2) is 12.2 Å². The van der Waals surface area contributed by atoms with E-state index in [4.69, 9.17) is 4.74 Å². The zero-order chi connectivity index (χ0) is 11.5. The Bertz CT molecular complexity index is 257. The molecule has 3 heteroatoms. The van der Waals surface area contributed by atoms with Gasteiger partial charge in [-0.2, -0.15) is 0 Å². The summed E-state index contributed by atoms with van der Waals surface area (Å²) in [5, 5.41) is 0. The highest BCUT2D eigenvalue weighted by Crippen LogP contribution is 2.27. The largest absolute Gasteiger partial charge is 0.379 e. The van der Waals surface area contributed by atoms with Crippen molar-refractivity contribution in [1.82, 2.24) is 9.80 Å². The third-order valence-electron chi connectivity index (χ3n) is 4.59. The SMILES string of the molecule is C1=CCN(C2CCC(N3CCOCC3)CC2)C1. The van der Waals surface area contributed by atoms with E-state index in [1.165, 1.54) is 38.8 Å². The topological polar surface area (TPSA) is 15.7 Å². The van der Waals surface area contributed by atoms with Gasteiger partial charge in [0.1, 0.15) is 0 Å². The molecule has 96 valence electrons. The van der Waals surface area contributed by atoms with E-state index in [0.29, 0.717) is 0 Å². The fourth-order valence-corrected chi connectivity index (χ4v) is 3.52. The molecule has 0 aromatic rings. The van der Waals surface area contributed by atoms with E-state index in [2.05, 4.69) is 22.0 Å². The van der Waals surface area contributed by atoms with E-state index >= 15 is 0 Å². The Morgan fingerprint density at radius 2 is 1.29 bits per heavy atom. The first kappa shape index (κ1) is 11.7. The maximum atomic E-state index is 5.43. The van der Waals surface area contributed by atoms with Gasteiger partial charge in [-0.15, -0.1) is 0 Å². The van der Waals surface area contributed by atoms with Gasteiger partial charge in [-0.3, -0.25) is 9.80 Å². The van der Waals surface area contributed by atoms with Gasteiger partial charge in [-0.25, -0.2) is 0 Å². The minimum absolute atomic E-state index is 0.839. The van der Waals surface area contributed by atoms with Gasteiger partial charge in [0.2, 0.25) is 0 Å². The Balaban J connectivity index is 1.46. The molecule has 17 heavy (non-hydrogen) atoms. The summed E-state index contributed by atoms with van der Waals surface area (Å²) in [6.45, 7) is 6.56. The second-order valence-electron chi connectivity index (χ2n) is 5.54. The molecule has 3 rings (SSSR count). The highest BCUT2D eigenvalue weighted by atomic mass is 16.5. The van der Waals surface area contributed by atoms with E-state index in [-0.39, 0.29) is 0 Å². The predicted octanol–water partition coefficient (Wildman–Crippen LogP) is 1.50. The Kier molecular flexibility index (Phi) is 3.79. The van der Waals surface area contributed by atoms with Crippen LogP contribution in [-0.2, 0) is 4.74 Å². The fraction of sp³-hybridized carbons (Fsp3) is 0.857. The smallest absolute Gasteiger partial charge is 0.0594 e. The first-order valence-corrected chi connectivity index (χ1v) is 7.14. The first-order valence-electron chi connectivity index (χ1n) is 7.14. The maximum absolute atomic E-state index is 5.43. The Morgan fingerprint density at radius 1 is 0.765 bits per heavy atom. The molecular formula is C14H24N2O. The monoisotopic (exact) mass is 236 g/mol. The van der Waals surface area contributed by atoms with E-state index < -0.39 is 0 Å². The van der Waals surface area contributed by atoms with Crippen LogP contribution in [0.4, 0.5) is 0 Å². The van der Waals surface area contributed by atoms with Gasteiger partial charge in [0, 0.05) is 38.3 Å². The number of hydrogen-bond acceptors (Lipinski definition) is 3. The molecule has 1 saturated carbocycles. The van der Waals surface area contributed by atoms with Crippen molar-refractivity contribution < 1.29 is 4.74 Å². The molecule has 2 aliphatic heterocycles. The molecular weight excluding hydrogens is 212 g/mol. The minimum Gasteiger partial charge on any atom is -0.379 e. The van der Waals surface area contributed by atoms with Gasteiger partial charge in [0.05, 0.1) is 13.2 Å². The molecule has 2 heterocycles. The summed E-state index contributed by atoms with van der Waals surface area (Å²) in [5.41, 5.74) is 0. The van der Waals surface area contributed by atoms with E-state index in [0.717, 1.165) is 38.4 Å². The van der Waals surface area contributed by atoms with Crippen LogP contribution < -0.4 is 0 Å². The molecule has 1 aliphatic carbocycles. The highest BCUT2D eigenvalue weighted by Gasteiger charge is 2.29. The summed E-state index contributed by atoms with van der Waals surface area (Å²) >= 11 is 0. The molecule has 3 aliphatic rings. The van der Waals surface area contributed by atoms with Crippen LogP contribution in [0.25, 0.3) is 0 Å². The molecule has 2 fully saturated rings. The van der Waals surface area contributed by atoms with E-state index in [1.54, 1.807) is 0 Å². The van der Waals surface area contributed by atoms with Crippen LogP contribution in [0.2, 0.25) is 0 Å². The van der Waals surface area contributed by atoms with Crippen LogP contribution in [0, 0.1) is 0 Å². The lowest BCUT2D eigenvalue weighted by Crippen LogP contribution is -2.47. The van der Waals surface area contributed by atoms with Gasteiger partial charge in [0.25, 0.3) is 0 Å². The molecule has 0 amide bonds. The summed E-state index contributed by atoms with van der Waals surface area (Å²) in [6.07, 6.45) is 10.2. The van der Waals surface area contributed by atoms with Gasteiger partial charge in [0.15, 0.2) is 0 Å². The van der Waals surface area contributed by atoms with Gasteiger partial charge < -0.3 is 4.74 Å². The van der Waals surface area contributed by atoms with Crippen molar-refractivity contribution in [3.63, 3.8) is 0 Å². The lowest BCUT2D eigenvalue weighted by molar-refractivity contribution is 0.00233. The molecule has 0 radical (unpaired) electrons. The standard InChI is InChI=1S/C14H24N2O/c1-2-8-15(7-1)13-3-5-14(6-4-13)16-9-11-17-12-10-16/h1-2,13-14H,3-12H2. The second-order valence-corrected chi connectivity index (χ2v) is 5.54. The van der Waals surface area contributed by atoms with Crippen molar-refractivity contribution >= 4 is 0 Å². The summed E-state index contributed by atoms with van der Waals surface area (Å²) < 4.78 is 5.43. The zero-order valence-electron chi connectivity index (χ0n) is 10.7. The number of hydrogen-bond donors (Lipinski definition) is 0. The number of nitrogens with zero attached hydrogens (tertiary/aromatic N) is 2.